The lowest BCUT2D eigenvalue weighted by Crippen LogP contribution is -2.45. The van der Waals surface area contributed by atoms with Gasteiger partial charge in [0.05, 0.1) is 4.90 Å². The number of benzene rings is 2. The molecule has 0 spiro atoms. The number of aryl methyl sites for hydroxylation is 1. The minimum atomic E-state index is -3.66. The highest BCUT2D eigenvalue weighted by Crippen LogP contribution is 2.35. The van der Waals surface area contributed by atoms with E-state index >= 15 is 0 Å². The van der Waals surface area contributed by atoms with Crippen molar-refractivity contribution in [3.63, 3.8) is 0 Å². The van der Waals surface area contributed by atoms with E-state index in [1.165, 1.54) is 21.5 Å². The second-order valence-corrected chi connectivity index (χ2v) is 11.6. The topological polar surface area (TPSA) is 76.2 Å². The molecule has 0 saturated carbocycles. The van der Waals surface area contributed by atoms with Gasteiger partial charge in [0.15, 0.2) is 11.5 Å². The molecular weight excluding hydrogens is 452 g/mol. The Balaban J connectivity index is 1.27. The van der Waals surface area contributed by atoms with Crippen molar-refractivity contribution in [1.29, 1.82) is 0 Å². The zero-order valence-electron chi connectivity index (χ0n) is 19.8. The number of piperidine rings is 1. The van der Waals surface area contributed by atoms with E-state index in [0.717, 1.165) is 25.1 Å². The number of carbonyl (C=O) groups excluding carboxylic acids is 1. The van der Waals surface area contributed by atoms with Crippen molar-refractivity contribution in [1.82, 2.24) is 4.31 Å². The van der Waals surface area contributed by atoms with Crippen LogP contribution in [-0.4, -0.2) is 51.5 Å². The summed E-state index contributed by atoms with van der Waals surface area (Å²) in [6, 6.07) is 11.2. The quantitative estimate of drug-likeness (QED) is 0.657. The normalized spacial score (nSPS) is 19.2. The maximum absolute atomic E-state index is 13.4. The van der Waals surface area contributed by atoms with Crippen molar-refractivity contribution < 1.29 is 22.7 Å². The van der Waals surface area contributed by atoms with Gasteiger partial charge in [-0.1, -0.05) is 26.0 Å². The van der Waals surface area contributed by atoms with Crippen LogP contribution in [0.4, 0.5) is 5.69 Å². The van der Waals surface area contributed by atoms with Gasteiger partial charge < -0.3 is 14.4 Å². The lowest BCUT2D eigenvalue weighted by Gasteiger charge is -2.36. The van der Waals surface area contributed by atoms with Gasteiger partial charge >= 0.3 is 0 Å². The highest BCUT2D eigenvalue weighted by atomic mass is 32.2. The average molecular weight is 485 g/mol. The predicted octanol–water partition coefficient (Wildman–Crippen LogP) is 3.96. The molecular formula is C26H32N2O5S. The number of carbonyl (C=O) groups is 1. The van der Waals surface area contributed by atoms with Crippen LogP contribution in [-0.2, 0) is 21.2 Å². The summed E-state index contributed by atoms with van der Waals surface area (Å²) in [5, 5.41) is 0. The number of hydrogen-bond acceptors (Lipinski definition) is 5. The molecule has 0 radical (unpaired) electrons. The summed E-state index contributed by atoms with van der Waals surface area (Å²) in [5.41, 5.74) is 3.56. The van der Waals surface area contributed by atoms with E-state index in [0.29, 0.717) is 56.6 Å². The van der Waals surface area contributed by atoms with Crippen molar-refractivity contribution in [3.8, 4) is 11.5 Å². The molecule has 3 heterocycles. The van der Waals surface area contributed by atoms with Gasteiger partial charge in [-0.2, -0.15) is 4.31 Å². The summed E-state index contributed by atoms with van der Waals surface area (Å²) in [7, 11) is -3.66. The first kappa shape index (κ1) is 23.2. The second-order valence-electron chi connectivity index (χ2n) is 9.62. The van der Waals surface area contributed by atoms with Gasteiger partial charge in [0.2, 0.25) is 15.9 Å². The molecule has 0 N–H and O–H groups in total. The van der Waals surface area contributed by atoms with Crippen molar-refractivity contribution in [3.05, 3.63) is 47.5 Å². The number of rotatable bonds is 4. The zero-order chi connectivity index (χ0) is 23.9. The fraction of sp³-hybridized carbons (Fsp3) is 0.500. The Bertz CT molecular complexity index is 1190. The van der Waals surface area contributed by atoms with Gasteiger partial charge in [-0.15, -0.1) is 0 Å². The molecule has 5 rings (SSSR count). The summed E-state index contributed by atoms with van der Waals surface area (Å²) in [5.74, 6) is 1.44. The number of amides is 1. The first-order valence-electron chi connectivity index (χ1n) is 12.2. The average Bonchev–Trinajstić information content (AvgIpc) is 2.87. The van der Waals surface area contributed by atoms with Gasteiger partial charge in [0.1, 0.15) is 13.2 Å². The van der Waals surface area contributed by atoms with Crippen LogP contribution < -0.4 is 14.4 Å². The molecule has 1 amide bonds. The van der Waals surface area contributed by atoms with Crippen LogP contribution in [0, 0.1) is 5.92 Å². The van der Waals surface area contributed by atoms with Gasteiger partial charge in [-0.3, -0.25) is 4.79 Å². The van der Waals surface area contributed by atoms with E-state index in [1.807, 2.05) is 4.90 Å². The van der Waals surface area contributed by atoms with Crippen LogP contribution in [0.3, 0.4) is 0 Å². The Labute approximate surface area is 201 Å². The standard InChI is InChI=1S/C26H32N2O5S/c1-18(2)20-5-7-23-21(16-20)4-3-11-28(23)26(29)19-9-12-27(13-10-19)34(30,31)22-6-8-24-25(17-22)33-15-14-32-24/h5-8,16-19H,3-4,9-15H2,1-2H3. The summed E-state index contributed by atoms with van der Waals surface area (Å²) >= 11 is 0. The largest absolute Gasteiger partial charge is 0.486 e. The molecule has 1 saturated heterocycles. The summed E-state index contributed by atoms with van der Waals surface area (Å²) in [6.45, 7) is 6.62. The molecule has 182 valence electrons. The van der Waals surface area contributed by atoms with E-state index in [4.69, 9.17) is 9.47 Å². The first-order valence-corrected chi connectivity index (χ1v) is 13.6. The van der Waals surface area contributed by atoms with E-state index in [2.05, 4.69) is 32.0 Å². The third-order valence-corrected chi connectivity index (χ3v) is 9.00. The molecule has 2 aromatic rings. The Morgan fingerprint density at radius 2 is 1.71 bits per heavy atom. The number of ether oxygens (including phenoxy) is 2. The summed E-state index contributed by atoms with van der Waals surface area (Å²) in [4.78, 5) is 15.6. The minimum Gasteiger partial charge on any atom is -0.486 e. The Morgan fingerprint density at radius 3 is 2.44 bits per heavy atom. The molecule has 3 aliphatic heterocycles. The van der Waals surface area contributed by atoms with Crippen LogP contribution >= 0.6 is 0 Å². The molecule has 0 atom stereocenters. The summed E-state index contributed by atoms with van der Waals surface area (Å²) in [6.07, 6.45) is 3.00. The predicted molar refractivity (Wildman–Crippen MR) is 130 cm³/mol. The number of fused-ring (bicyclic) bond motifs is 2. The number of anilines is 1. The summed E-state index contributed by atoms with van der Waals surface area (Å²) < 4.78 is 39.0. The smallest absolute Gasteiger partial charge is 0.243 e. The van der Waals surface area contributed by atoms with Gasteiger partial charge in [-0.05, 0) is 60.9 Å². The zero-order valence-corrected chi connectivity index (χ0v) is 20.6. The molecule has 0 unspecified atom stereocenters. The number of hydrogen-bond donors (Lipinski definition) is 0. The van der Waals surface area contributed by atoms with Gasteiger partial charge in [0.25, 0.3) is 0 Å². The van der Waals surface area contributed by atoms with Crippen LogP contribution in [0.1, 0.15) is 50.2 Å². The fourth-order valence-electron chi connectivity index (χ4n) is 5.10. The molecule has 0 aromatic heterocycles. The lowest BCUT2D eigenvalue weighted by atomic mass is 9.92. The molecule has 7 nitrogen and oxygen atoms in total. The van der Waals surface area contributed by atoms with E-state index in [9.17, 15) is 13.2 Å². The van der Waals surface area contributed by atoms with E-state index < -0.39 is 10.0 Å². The first-order chi connectivity index (χ1) is 16.3. The van der Waals surface area contributed by atoms with Crippen LogP contribution in [0.5, 0.6) is 11.5 Å². The van der Waals surface area contributed by atoms with Crippen molar-refractivity contribution in [2.45, 2.75) is 50.3 Å². The number of sulfonamides is 1. The monoisotopic (exact) mass is 484 g/mol. The fourth-order valence-corrected chi connectivity index (χ4v) is 6.59. The van der Waals surface area contributed by atoms with E-state index in [1.54, 1.807) is 12.1 Å². The molecule has 2 aromatic carbocycles. The Hall–Kier alpha value is -2.58. The third kappa shape index (κ3) is 4.29. The Morgan fingerprint density at radius 1 is 0.971 bits per heavy atom. The Kier molecular flexibility index (Phi) is 6.29. The molecule has 8 heteroatoms. The lowest BCUT2D eigenvalue weighted by molar-refractivity contribution is -0.123. The SMILES string of the molecule is CC(C)c1ccc2c(c1)CCCN2C(=O)C1CCN(S(=O)(=O)c2ccc3c(c2)OCCO3)CC1. The number of nitrogens with zero attached hydrogens (tertiary/aromatic N) is 2. The van der Waals surface area contributed by atoms with Crippen LogP contribution in [0.25, 0.3) is 0 Å². The van der Waals surface area contributed by atoms with Crippen LogP contribution in [0.15, 0.2) is 41.3 Å². The second kappa shape index (κ2) is 9.23. The minimum absolute atomic E-state index is 0.120. The van der Waals surface area contributed by atoms with Crippen molar-refractivity contribution in [2.24, 2.45) is 5.92 Å². The van der Waals surface area contributed by atoms with Crippen molar-refractivity contribution in [2.75, 3.05) is 37.7 Å². The maximum Gasteiger partial charge on any atom is 0.243 e. The van der Waals surface area contributed by atoms with Crippen molar-refractivity contribution >= 4 is 21.6 Å². The van der Waals surface area contributed by atoms with Gasteiger partial charge in [-0.25, -0.2) is 8.42 Å². The molecule has 3 aliphatic rings. The van der Waals surface area contributed by atoms with Crippen LogP contribution in [0.2, 0.25) is 0 Å². The maximum atomic E-state index is 13.4. The molecule has 0 bridgehead atoms. The highest BCUT2D eigenvalue weighted by Gasteiger charge is 2.35. The van der Waals surface area contributed by atoms with Gasteiger partial charge in [0, 0.05) is 37.3 Å². The third-order valence-electron chi connectivity index (χ3n) is 7.11. The molecule has 1 fully saturated rings. The molecule has 34 heavy (non-hydrogen) atoms. The molecule has 0 aliphatic carbocycles. The highest BCUT2D eigenvalue weighted by molar-refractivity contribution is 7.89. The van der Waals surface area contributed by atoms with E-state index in [-0.39, 0.29) is 16.7 Å².